The summed E-state index contributed by atoms with van der Waals surface area (Å²) in [5.74, 6) is -6.09. The van der Waals surface area contributed by atoms with Crippen LogP contribution in [0.25, 0.3) is 0 Å². The molecule has 0 aliphatic rings. The van der Waals surface area contributed by atoms with Gasteiger partial charge in [-0.3, -0.25) is 13.8 Å². The average Bonchev–Trinajstić information content (AvgIpc) is 2.78. The third-order valence-corrected chi connectivity index (χ3v) is 5.81. The SMILES string of the molecule is CC(/C(O)=C(\O)CO)/C(O)=C(\O)CNC(=O)C/C=C/C(=O)NCS(=O)[C@@H](O)C(C)(O)CCO. The summed E-state index contributed by atoms with van der Waals surface area (Å²) in [6.07, 6.45) is 1.60. The van der Waals surface area contributed by atoms with Crippen molar-refractivity contribution in [1.29, 1.82) is 0 Å². The van der Waals surface area contributed by atoms with Crippen LogP contribution in [0.15, 0.2) is 35.2 Å². The number of nitrogens with one attached hydrogen (secondary N) is 2. The highest BCUT2D eigenvalue weighted by molar-refractivity contribution is 7.85. The highest BCUT2D eigenvalue weighted by Crippen LogP contribution is 2.20. The second-order valence-electron chi connectivity index (χ2n) is 7.18. The maximum Gasteiger partial charge on any atom is 0.244 e. The number of rotatable bonds is 14. The maximum absolute atomic E-state index is 11.9. The Morgan fingerprint density at radius 3 is 2.18 bits per heavy atom. The van der Waals surface area contributed by atoms with E-state index in [1.54, 1.807) is 0 Å². The van der Waals surface area contributed by atoms with E-state index in [-0.39, 0.29) is 12.8 Å². The average molecular weight is 497 g/mol. The van der Waals surface area contributed by atoms with Gasteiger partial charge in [-0.2, -0.15) is 0 Å². The van der Waals surface area contributed by atoms with Crippen molar-refractivity contribution in [3.05, 3.63) is 35.2 Å². The van der Waals surface area contributed by atoms with Crippen LogP contribution in [0.2, 0.25) is 0 Å². The molecule has 14 heteroatoms. The molecule has 0 bridgehead atoms. The van der Waals surface area contributed by atoms with Gasteiger partial charge in [-0.1, -0.05) is 6.08 Å². The van der Waals surface area contributed by atoms with E-state index < -0.39 is 88.2 Å². The van der Waals surface area contributed by atoms with Gasteiger partial charge in [0.2, 0.25) is 11.8 Å². The van der Waals surface area contributed by atoms with Crippen molar-refractivity contribution in [3.8, 4) is 0 Å². The zero-order valence-corrected chi connectivity index (χ0v) is 19.1. The molecule has 190 valence electrons. The van der Waals surface area contributed by atoms with Gasteiger partial charge in [0.1, 0.15) is 29.5 Å². The second kappa shape index (κ2) is 14.5. The fraction of sp³-hybridized carbons (Fsp3) is 0.579. The molecule has 0 heterocycles. The number of hydrogen-bond donors (Lipinski definition) is 10. The van der Waals surface area contributed by atoms with Crippen LogP contribution < -0.4 is 10.6 Å². The van der Waals surface area contributed by atoms with Crippen LogP contribution in [0, 0.1) is 5.92 Å². The van der Waals surface area contributed by atoms with Gasteiger partial charge in [0, 0.05) is 19.4 Å². The van der Waals surface area contributed by atoms with E-state index in [1.807, 2.05) is 0 Å². The molecule has 0 saturated heterocycles. The molecule has 10 N–H and O–H groups in total. The molecular weight excluding hydrogens is 464 g/mol. The van der Waals surface area contributed by atoms with E-state index in [0.29, 0.717) is 0 Å². The first kappa shape index (κ1) is 30.4. The Morgan fingerprint density at radius 2 is 1.64 bits per heavy atom. The molecule has 3 unspecified atom stereocenters. The molecule has 33 heavy (non-hydrogen) atoms. The molecular formula is C19H32N2O11S. The molecule has 2 amide bonds. The first-order chi connectivity index (χ1) is 15.3. The van der Waals surface area contributed by atoms with E-state index >= 15 is 0 Å². The minimum absolute atomic E-state index is 0.215. The molecule has 0 radical (unpaired) electrons. The van der Waals surface area contributed by atoms with Gasteiger partial charge >= 0.3 is 0 Å². The highest BCUT2D eigenvalue weighted by Gasteiger charge is 2.34. The third-order valence-electron chi connectivity index (χ3n) is 4.37. The lowest BCUT2D eigenvalue weighted by Crippen LogP contribution is -2.45. The zero-order valence-electron chi connectivity index (χ0n) is 18.3. The molecule has 4 atom stereocenters. The second-order valence-corrected chi connectivity index (χ2v) is 8.67. The Kier molecular flexibility index (Phi) is 13.3. The lowest BCUT2D eigenvalue weighted by Gasteiger charge is -2.27. The Hall–Kier alpha value is -2.65. The third kappa shape index (κ3) is 10.7. The summed E-state index contributed by atoms with van der Waals surface area (Å²) in [5.41, 5.74) is -3.51. The minimum Gasteiger partial charge on any atom is -0.508 e. The quantitative estimate of drug-likeness (QED) is 0.0991. The Balaban J connectivity index is 4.58. The van der Waals surface area contributed by atoms with E-state index in [9.17, 15) is 44.4 Å². The summed E-state index contributed by atoms with van der Waals surface area (Å²) < 4.78 is 11.9. The van der Waals surface area contributed by atoms with E-state index in [1.165, 1.54) is 13.8 Å². The predicted molar refractivity (Wildman–Crippen MR) is 117 cm³/mol. The van der Waals surface area contributed by atoms with Crippen molar-refractivity contribution < 1.29 is 54.7 Å². The van der Waals surface area contributed by atoms with Gasteiger partial charge in [0.05, 0.1) is 29.1 Å². The minimum atomic E-state index is -2.05. The van der Waals surface area contributed by atoms with Crippen molar-refractivity contribution >= 4 is 22.6 Å². The van der Waals surface area contributed by atoms with Gasteiger partial charge < -0.3 is 51.5 Å². The Labute approximate surface area is 192 Å². The molecule has 13 nitrogen and oxygen atoms in total. The molecule has 0 aliphatic carbocycles. The highest BCUT2D eigenvalue weighted by atomic mass is 32.2. The molecule has 0 spiro atoms. The van der Waals surface area contributed by atoms with E-state index in [4.69, 9.17) is 10.2 Å². The molecule has 0 saturated carbocycles. The van der Waals surface area contributed by atoms with Crippen LogP contribution in [-0.2, 0) is 20.4 Å². The lowest BCUT2D eigenvalue weighted by atomic mass is 10.1. The van der Waals surface area contributed by atoms with E-state index in [2.05, 4.69) is 10.6 Å². The first-order valence-electron chi connectivity index (χ1n) is 9.70. The number of amides is 2. The molecule has 0 aromatic rings. The first-order valence-corrected chi connectivity index (χ1v) is 11.1. The number of hydrogen-bond acceptors (Lipinski definition) is 11. The smallest absolute Gasteiger partial charge is 0.244 e. The summed E-state index contributed by atoms with van der Waals surface area (Å²) >= 11 is 0. The van der Waals surface area contributed by atoms with Crippen LogP contribution in [0.3, 0.4) is 0 Å². The summed E-state index contributed by atoms with van der Waals surface area (Å²) in [4.78, 5) is 23.5. The summed E-state index contributed by atoms with van der Waals surface area (Å²) in [6, 6.07) is 0. The fourth-order valence-corrected chi connectivity index (χ4v) is 3.37. The van der Waals surface area contributed by atoms with Crippen LogP contribution in [0.1, 0.15) is 26.7 Å². The van der Waals surface area contributed by atoms with Crippen LogP contribution in [0.4, 0.5) is 0 Å². The normalized spacial score (nSPS) is 17.9. The standard InChI is InChI=1S/C19H32N2O11S/c1-11(17(29)13(25)9-23)16(28)12(24)8-20-14(26)4-3-5-15(27)21-10-33(32)18(30)19(2,31)6-7-22/h3,5,11,18,22-25,28-31H,4,6-10H2,1-2H3,(H,20,26)(H,21,27)/b5-3+,16-12+,17-13+/t11?,18-,19?,33?/m1/s1. The molecule has 0 fully saturated rings. The lowest BCUT2D eigenvalue weighted by molar-refractivity contribution is -0.120. The van der Waals surface area contributed by atoms with E-state index in [0.717, 1.165) is 12.2 Å². The van der Waals surface area contributed by atoms with Gasteiger partial charge in [-0.05, 0) is 19.9 Å². The molecule has 0 aliphatic heterocycles. The zero-order chi connectivity index (χ0) is 25.8. The van der Waals surface area contributed by atoms with Gasteiger partial charge in [-0.15, -0.1) is 0 Å². The van der Waals surface area contributed by atoms with Crippen molar-refractivity contribution in [3.63, 3.8) is 0 Å². The molecule has 0 aromatic carbocycles. The number of aliphatic hydroxyl groups is 8. The largest absolute Gasteiger partial charge is 0.508 e. The van der Waals surface area contributed by atoms with Gasteiger partial charge in [0.25, 0.3) is 0 Å². The molecule has 0 aromatic heterocycles. The van der Waals surface area contributed by atoms with Crippen LogP contribution in [0.5, 0.6) is 0 Å². The van der Waals surface area contributed by atoms with Crippen molar-refractivity contribution in [2.45, 2.75) is 37.7 Å². The number of carbonyl (C=O) groups excluding carboxylic acids is 2. The Morgan fingerprint density at radius 1 is 1.06 bits per heavy atom. The van der Waals surface area contributed by atoms with Gasteiger partial charge in [-0.25, -0.2) is 0 Å². The van der Waals surface area contributed by atoms with Crippen LogP contribution >= 0.6 is 0 Å². The topological polar surface area (TPSA) is 237 Å². The monoisotopic (exact) mass is 496 g/mol. The fourth-order valence-electron chi connectivity index (χ4n) is 2.24. The summed E-state index contributed by atoms with van der Waals surface area (Å²) in [6.45, 7) is 0.597. The number of carbonyl (C=O) groups is 2. The maximum atomic E-state index is 11.9. The summed E-state index contributed by atoms with van der Waals surface area (Å²) in [5, 5.41) is 80.2. The van der Waals surface area contributed by atoms with Crippen molar-refractivity contribution in [2.75, 3.05) is 25.6 Å². The van der Waals surface area contributed by atoms with Crippen molar-refractivity contribution in [2.24, 2.45) is 5.92 Å². The number of aliphatic hydroxyl groups excluding tert-OH is 7. The van der Waals surface area contributed by atoms with Gasteiger partial charge in [0.15, 0.2) is 11.2 Å². The summed E-state index contributed by atoms with van der Waals surface area (Å²) in [7, 11) is -2.05. The predicted octanol–water partition coefficient (Wildman–Crippen LogP) is -1.39. The van der Waals surface area contributed by atoms with Crippen molar-refractivity contribution in [1.82, 2.24) is 10.6 Å². The Bertz CT molecular complexity index is 793. The van der Waals surface area contributed by atoms with Crippen LogP contribution in [-0.4, -0.2) is 93.5 Å². The molecule has 0 rings (SSSR count).